The van der Waals surface area contributed by atoms with Gasteiger partial charge in [-0.3, -0.25) is 4.57 Å². The minimum Gasteiger partial charge on any atom is -0.379 e. The van der Waals surface area contributed by atoms with Crippen LogP contribution in [0.25, 0.3) is 5.82 Å². The number of nitrogens with one attached hydrogen (secondary N) is 1. The molecule has 4 nitrogen and oxygen atoms in total. The van der Waals surface area contributed by atoms with Crippen molar-refractivity contribution in [1.29, 1.82) is 0 Å². The zero-order chi connectivity index (χ0) is 13.9. The molecule has 0 radical (unpaired) electrons. The molecule has 0 saturated carbocycles. The maximum atomic E-state index is 4.45. The Labute approximate surface area is 129 Å². The molecule has 0 aliphatic heterocycles. The average Bonchev–Trinajstić information content (AvgIpc) is 3.06. The highest BCUT2D eigenvalue weighted by molar-refractivity contribution is 9.11. The van der Waals surface area contributed by atoms with Crippen molar-refractivity contribution in [2.75, 3.05) is 5.32 Å². The van der Waals surface area contributed by atoms with Gasteiger partial charge in [0.2, 0.25) is 0 Å². The molecule has 0 spiro atoms. The predicted molar refractivity (Wildman–Crippen MR) is 85.4 cm³/mol. The highest BCUT2D eigenvalue weighted by atomic mass is 79.9. The average molecular weight is 349 g/mol. The Morgan fingerprint density at radius 2 is 2.15 bits per heavy atom. The molecule has 0 fully saturated rings. The highest BCUT2D eigenvalue weighted by Crippen LogP contribution is 2.23. The van der Waals surface area contributed by atoms with Crippen LogP contribution in [0, 0.1) is 6.92 Å². The van der Waals surface area contributed by atoms with Crippen LogP contribution < -0.4 is 5.32 Å². The first-order valence-electron chi connectivity index (χ1n) is 6.17. The van der Waals surface area contributed by atoms with Crippen LogP contribution in [-0.4, -0.2) is 14.5 Å². The van der Waals surface area contributed by atoms with E-state index in [0.717, 1.165) is 27.7 Å². The maximum absolute atomic E-state index is 4.45. The zero-order valence-corrected chi connectivity index (χ0v) is 13.3. The Balaban J connectivity index is 1.69. The monoisotopic (exact) mass is 348 g/mol. The van der Waals surface area contributed by atoms with Crippen LogP contribution in [0.5, 0.6) is 0 Å². The summed E-state index contributed by atoms with van der Waals surface area (Å²) in [4.78, 5) is 9.94. The van der Waals surface area contributed by atoms with Crippen LogP contribution in [0.2, 0.25) is 0 Å². The van der Waals surface area contributed by atoms with Crippen molar-refractivity contribution in [2.24, 2.45) is 0 Å². The van der Waals surface area contributed by atoms with Gasteiger partial charge in [-0.2, -0.15) is 0 Å². The number of hydrogen-bond donors (Lipinski definition) is 1. The lowest BCUT2D eigenvalue weighted by Crippen LogP contribution is -2.01. The van der Waals surface area contributed by atoms with E-state index in [1.165, 1.54) is 4.88 Å². The number of nitrogens with zero attached hydrogens (tertiary/aromatic N) is 3. The summed E-state index contributed by atoms with van der Waals surface area (Å²) in [6, 6.07) is 8.19. The van der Waals surface area contributed by atoms with Gasteiger partial charge in [0.1, 0.15) is 11.6 Å². The number of pyridine rings is 1. The van der Waals surface area contributed by atoms with E-state index in [1.54, 1.807) is 17.5 Å². The predicted octanol–water partition coefficient (Wildman–Crippen LogP) is 4.01. The minimum absolute atomic E-state index is 0.807. The topological polar surface area (TPSA) is 42.7 Å². The third kappa shape index (κ3) is 2.91. The van der Waals surface area contributed by atoms with Gasteiger partial charge >= 0.3 is 0 Å². The fraction of sp³-hybridized carbons (Fsp3) is 0.143. The van der Waals surface area contributed by atoms with Crippen molar-refractivity contribution in [3.63, 3.8) is 0 Å². The fourth-order valence-electron chi connectivity index (χ4n) is 1.89. The first-order chi connectivity index (χ1) is 9.72. The van der Waals surface area contributed by atoms with Crippen LogP contribution in [0.1, 0.15) is 10.7 Å². The van der Waals surface area contributed by atoms with Crippen LogP contribution in [-0.2, 0) is 6.54 Å². The summed E-state index contributed by atoms with van der Waals surface area (Å²) in [5, 5.41) is 3.36. The molecule has 0 saturated heterocycles. The quantitative estimate of drug-likeness (QED) is 0.774. The highest BCUT2D eigenvalue weighted by Gasteiger charge is 2.02. The summed E-state index contributed by atoms with van der Waals surface area (Å²) in [5.41, 5.74) is 1.01. The molecule has 0 aromatic carbocycles. The SMILES string of the molecule is Cc1nccn1-c1ccc(NCc2ccc(Br)s2)cn1. The maximum Gasteiger partial charge on any atom is 0.138 e. The summed E-state index contributed by atoms with van der Waals surface area (Å²) in [6.45, 7) is 2.77. The first kappa shape index (κ1) is 13.3. The van der Waals surface area contributed by atoms with Crippen molar-refractivity contribution in [3.8, 4) is 5.82 Å². The standard InChI is InChI=1S/C14H13BrN4S/c1-10-16-6-7-19(10)14-5-2-11(8-18-14)17-9-12-3-4-13(15)20-12/h2-8,17H,9H2,1H3. The third-order valence-electron chi connectivity index (χ3n) is 2.92. The molecule has 0 aliphatic rings. The van der Waals surface area contributed by atoms with Crippen molar-refractivity contribution >= 4 is 33.0 Å². The molecule has 102 valence electrons. The number of rotatable bonds is 4. The molecular formula is C14H13BrN4S. The van der Waals surface area contributed by atoms with Crippen molar-refractivity contribution in [2.45, 2.75) is 13.5 Å². The number of hydrogen-bond acceptors (Lipinski definition) is 4. The minimum atomic E-state index is 0.807. The Bertz CT molecular complexity index is 702. The Morgan fingerprint density at radius 1 is 1.25 bits per heavy atom. The van der Waals surface area contributed by atoms with Crippen molar-refractivity contribution in [1.82, 2.24) is 14.5 Å². The molecule has 3 aromatic rings. The van der Waals surface area contributed by atoms with Gasteiger partial charge in [-0.15, -0.1) is 11.3 Å². The van der Waals surface area contributed by atoms with E-state index in [1.807, 2.05) is 36.0 Å². The van der Waals surface area contributed by atoms with Gasteiger partial charge in [-0.1, -0.05) is 0 Å². The number of halogens is 1. The van der Waals surface area contributed by atoms with Crippen molar-refractivity contribution < 1.29 is 0 Å². The van der Waals surface area contributed by atoms with E-state index in [-0.39, 0.29) is 0 Å². The second-order valence-electron chi connectivity index (χ2n) is 4.31. The van der Waals surface area contributed by atoms with Gasteiger partial charge in [0.25, 0.3) is 0 Å². The smallest absolute Gasteiger partial charge is 0.138 e. The van der Waals surface area contributed by atoms with Crippen LogP contribution in [0.15, 0.2) is 46.6 Å². The van der Waals surface area contributed by atoms with Gasteiger partial charge in [0.05, 0.1) is 15.7 Å². The number of aryl methyl sites for hydroxylation is 1. The van der Waals surface area contributed by atoms with E-state index in [4.69, 9.17) is 0 Å². The van der Waals surface area contributed by atoms with Crippen molar-refractivity contribution in [3.05, 3.63) is 57.3 Å². The van der Waals surface area contributed by atoms with Gasteiger partial charge in [0, 0.05) is 23.8 Å². The summed E-state index contributed by atoms with van der Waals surface area (Å²) in [5.74, 6) is 1.81. The van der Waals surface area contributed by atoms with E-state index in [2.05, 4.69) is 43.3 Å². The lowest BCUT2D eigenvalue weighted by atomic mass is 10.3. The molecule has 0 atom stereocenters. The van der Waals surface area contributed by atoms with Gasteiger partial charge in [-0.05, 0) is 47.1 Å². The number of aromatic nitrogens is 3. The summed E-state index contributed by atoms with van der Waals surface area (Å²) in [6.07, 6.45) is 5.53. The molecule has 3 rings (SSSR count). The molecule has 3 heterocycles. The van der Waals surface area contributed by atoms with E-state index in [0.29, 0.717) is 0 Å². The zero-order valence-electron chi connectivity index (χ0n) is 10.9. The molecule has 6 heteroatoms. The molecule has 1 N–H and O–H groups in total. The number of imidazole rings is 1. The van der Waals surface area contributed by atoms with Gasteiger partial charge in [-0.25, -0.2) is 9.97 Å². The summed E-state index contributed by atoms with van der Waals surface area (Å²) in [7, 11) is 0. The lowest BCUT2D eigenvalue weighted by molar-refractivity contribution is 0.932. The first-order valence-corrected chi connectivity index (χ1v) is 7.78. The fourth-order valence-corrected chi connectivity index (χ4v) is 3.31. The summed E-state index contributed by atoms with van der Waals surface area (Å²) >= 11 is 5.20. The number of anilines is 1. The lowest BCUT2D eigenvalue weighted by Gasteiger charge is -2.07. The molecule has 0 bridgehead atoms. The summed E-state index contributed by atoms with van der Waals surface area (Å²) < 4.78 is 3.11. The molecule has 0 aliphatic carbocycles. The van der Waals surface area contributed by atoms with E-state index < -0.39 is 0 Å². The second kappa shape index (κ2) is 5.76. The molecule has 0 unspecified atom stereocenters. The third-order valence-corrected chi connectivity index (χ3v) is 4.54. The molecule has 3 aromatic heterocycles. The van der Waals surface area contributed by atoms with Crippen LogP contribution in [0.3, 0.4) is 0 Å². The largest absolute Gasteiger partial charge is 0.379 e. The van der Waals surface area contributed by atoms with E-state index >= 15 is 0 Å². The van der Waals surface area contributed by atoms with Crippen LogP contribution in [0.4, 0.5) is 5.69 Å². The van der Waals surface area contributed by atoms with Gasteiger partial charge in [0.15, 0.2) is 0 Å². The van der Waals surface area contributed by atoms with E-state index in [9.17, 15) is 0 Å². The second-order valence-corrected chi connectivity index (χ2v) is 6.86. The van der Waals surface area contributed by atoms with Crippen LogP contribution >= 0.6 is 27.3 Å². The normalized spacial score (nSPS) is 10.7. The molecular weight excluding hydrogens is 336 g/mol. The Kier molecular flexibility index (Phi) is 3.84. The Morgan fingerprint density at radius 3 is 2.75 bits per heavy atom. The molecule has 20 heavy (non-hydrogen) atoms. The number of thiophene rings is 1. The molecule has 0 amide bonds. The Hall–Kier alpha value is -1.66. The van der Waals surface area contributed by atoms with Gasteiger partial charge < -0.3 is 5.32 Å².